The Labute approximate surface area is 113 Å². The predicted molar refractivity (Wildman–Crippen MR) is 77.6 cm³/mol. The molecule has 0 unspecified atom stereocenters. The van der Waals surface area contributed by atoms with Crippen molar-refractivity contribution >= 4 is 0 Å². The lowest BCUT2D eigenvalue weighted by atomic mass is 9.86. The molecule has 1 aliphatic rings. The maximum absolute atomic E-state index is 10.1. The van der Waals surface area contributed by atoms with Crippen molar-refractivity contribution in [1.82, 2.24) is 0 Å². The zero-order chi connectivity index (χ0) is 13.3. The molecular weight excluding hydrogens is 234 g/mol. The van der Waals surface area contributed by atoms with E-state index >= 15 is 0 Å². The van der Waals surface area contributed by atoms with Crippen LogP contribution in [0, 0.1) is 0 Å². The third kappa shape index (κ3) is 2.18. The Balaban J connectivity index is 1.91. The first-order valence-corrected chi connectivity index (χ1v) is 6.83. The average Bonchev–Trinajstić information content (AvgIpc) is 2.81. The Morgan fingerprint density at radius 2 is 1.58 bits per heavy atom. The van der Waals surface area contributed by atoms with Crippen LogP contribution < -0.4 is 5.73 Å². The second kappa shape index (κ2) is 4.80. The lowest BCUT2D eigenvalue weighted by molar-refractivity contribution is 0.109. The fourth-order valence-corrected chi connectivity index (χ4v) is 2.95. The van der Waals surface area contributed by atoms with Crippen LogP contribution >= 0.6 is 0 Å². The molecule has 0 radical (unpaired) electrons. The summed E-state index contributed by atoms with van der Waals surface area (Å²) in [7, 11) is 0. The minimum absolute atomic E-state index is 0.421. The Hall–Kier alpha value is -1.64. The first-order valence-electron chi connectivity index (χ1n) is 6.83. The van der Waals surface area contributed by atoms with E-state index in [0.717, 1.165) is 24.8 Å². The SMILES string of the molecule is N[C@@]1(c2ccc(-c3ccccc3)cc2)CCC[C@H]1O. The molecule has 1 aliphatic carbocycles. The van der Waals surface area contributed by atoms with Gasteiger partial charge in [0.05, 0.1) is 11.6 Å². The summed E-state index contributed by atoms with van der Waals surface area (Å²) in [5.74, 6) is 0. The van der Waals surface area contributed by atoms with E-state index in [9.17, 15) is 5.11 Å². The summed E-state index contributed by atoms with van der Waals surface area (Å²) < 4.78 is 0. The number of benzene rings is 2. The summed E-state index contributed by atoms with van der Waals surface area (Å²) in [6.07, 6.45) is 2.24. The van der Waals surface area contributed by atoms with Crippen molar-refractivity contribution in [1.29, 1.82) is 0 Å². The van der Waals surface area contributed by atoms with E-state index in [1.165, 1.54) is 11.1 Å². The molecule has 2 aromatic rings. The zero-order valence-electron chi connectivity index (χ0n) is 10.9. The molecule has 0 aliphatic heterocycles. The Morgan fingerprint density at radius 3 is 2.16 bits per heavy atom. The van der Waals surface area contributed by atoms with Gasteiger partial charge in [0.15, 0.2) is 0 Å². The Morgan fingerprint density at radius 1 is 0.947 bits per heavy atom. The molecule has 98 valence electrons. The summed E-state index contributed by atoms with van der Waals surface area (Å²) in [4.78, 5) is 0. The van der Waals surface area contributed by atoms with Crippen LogP contribution in [0.3, 0.4) is 0 Å². The zero-order valence-corrected chi connectivity index (χ0v) is 10.9. The highest BCUT2D eigenvalue weighted by atomic mass is 16.3. The molecule has 2 aromatic carbocycles. The molecule has 2 heteroatoms. The van der Waals surface area contributed by atoms with Gasteiger partial charge in [-0.25, -0.2) is 0 Å². The predicted octanol–water partition coefficient (Wildman–Crippen LogP) is 3.05. The fourth-order valence-electron chi connectivity index (χ4n) is 2.95. The molecule has 3 N–H and O–H groups in total. The van der Waals surface area contributed by atoms with E-state index < -0.39 is 11.6 Å². The summed E-state index contributed by atoms with van der Waals surface area (Å²) >= 11 is 0. The van der Waals surface area contributed by atoms with Gasteiger partial charge in [-0.05, 0) is 36.0 Å². The highest BCUT2D eigenvalue weighted by Crippen LogP contribution is 2.37. The van der Waals surface area contributed by atoms with E-state index in [-0.39, 0.29) is 0 Å². The maximum Gasteiger partial charge on any atom is 0.0761 e. The van der Waals surface area contributed by atoms with E-state index in [4.69, 9.17) is 5.73 Å². The fraction of sp³-hybridized carbons (Fsp3) is 0.294. The van der Waals surface area contributed by atoms with Crippen molar-refractivity contribution in [2.75, 3.05) is 0 Å². The molecule has 0 bridgehead atoms. The van der Waals surface area contributed by atoms with Gasteiger partial charge in [-0.15, -0.1) is 0 Å². The summed E-state index contributed by atoms with van der Waals surface area (Å²) in [6.45, 7) is 0. The number of aliphatic hydroxyl groups excluding tert-OH is 1. The van der Waals surface area contributed by atoms with Crippen LogP contribution in [-0.2, 0) is 5.54 Å². The van der Waals surface area contributed by atoms with Gasteiger partial charge in [0.25, 0.3) is 0 Å². The molecule has 3 rings (SSSR count). The normalized spacial score (nSPS) is 26.5. The smallest absolute Gasteiger partial charge is 0.0761 e. The number of nitrogens with two attached hydrogens (primary N) is 1. The largest absolute Gasteiger partial charge is 0.391 e. The topological polar surface area (TPSA) is 46.2 Å². The van der Waals surface area contributed by atoms with Gasteiger partial charge in [0.2, 0.25) is 0 Å². The quantitative estimate of drug-likeness (QED) is 0.864. The van der Waals surface area contributed by atoms with Gasteiger partial charge in [-0.1, -0.05) is 54.6 Å². The third-order valence-electron chi connectivity index (χ3n) is 4.19. The molecule has 0 spiro atoms. The second-order valence-corrected chi connectivity index (χ2v) is 5.39. The van der Waals surface area contributed by atoms with E-state index in [2.05, 4.69) is 36.4 Å². The first-order chi connectivity index (χ1) is 9.20. The van der Waals surface area contributed by atoms with Crippen LogP contribution in [0.15, 0.2) is 54.6 Å². The van der Waals surface area contributed by atoms with E-state index in [0.29, 0.717) is 0 Å². The molecule has 19 heavy (non-hydrogen) atoms. The van der Waals surface area contributed by atoms with Crippen molar-refractivity contribution in [3.05, 3.63) is 60.2 Å². The molecule has 0 amide bonds. The molecular formula is C17H19NO. The minimum atomic E-state index is -0.560. The van der Waals surface area contributed by atoms with Crippen LogP contribution in [0.25, 0.3) is 11.1 Å². The highest BCUT2D eigenvalue weighted by molar-refractivity contribution is 5.63. The average molecular weight is 253 g/mol. The molecule has 2 nitrogen and oxygen atoms in total. The van der Waals surface area contributed by atoms with Crippen LogP contribution in [0.1, 0.15) is 24.8 Å². The van der Waals surface area contributed by atoms with Crippen molar-refractivity contribution in [2.24, 2.45) is 5.73 Å². The maximum atomic E-state index is 10.1. The van der Waals surface area contributed by atoms with Crippen LogP contribution in [0.5, 0.6) is 0 Å². The number of rotatable bonds is 2. The van der Waals surface area contributed by atoms with Gasteiger partial charge >= 0.3 is 0 Å². The van der Waals surface area contributed by atoms with Gasteiger partial charge in [0.1, 0.15) is 0 Å². The Bertz CT molecular complexity index is 549. The van der Waals surface area contributed by atoms with Crippen molar-refractivity contribution < 1.29 is 5.11 Å². The second-order valence-electron chi connectivity index (χ2n) is 5.39. The molecule has 0 heterocycles. The summed E-state index contributed by atoms with van der Waals surface area (Å²) in [6, 6.07) is 18.6. The van der Waals surface area contributed by atoms with Gasteiger partial charge in [-0.2, -0.15) is 0 Å². The number of aliphatic hydroxyl groups is 1. The van der Waals surface area contributed by atoms with Gasteiger partial charge in [-0.3, -0.25) is 0 Å². The van der Waals surface area contributed by atoms with E-state index in [1.54, 1.807) is 0 Å². The molecule has 1 saturated carbocycles. The minimum Gasteiger partial charge on any atom is -0.391 e. The lowest BCUT2D eigenvalue weighted by Gasteiger charge is -2.28. The first kappa shape index (κ1) is 12.4. The van der Waals surface area contributed by atoms with Crippen molar-refractivity contribution in [2.45, 2.75) is 30.9 Å². The monoisotopic (exact) mass is 253 g/mol. The standard InChI is InChI=1S/C17H19NO/c18-17(12-4-7-16(17)19)15-10-8-14(9-11-15)13-5-2-1-3-6-13/h1-3,5-6,8-11,16,19H,4,7,12,18H2/t16-,17-/m1/s1. The number of hydrogen-bond acceptors (Lipinski definition) is 2. The summed E-state index contributed by atoms with van der Waals surface area (Å²) in [5, 5.41) is 10.1. The van der Waals surface area contributed by atoms with Gasteiger partial charge < -0.3 is 10.8 Å². The lowest BCUT2D eigenvalue weighted by Crippen LogP contribution is -2.43. The van der Waals surface area contributed by atoms with Crippen LogP contribution in [0.4, 0.5) is 0 Å². The van der Waals surface area contributed by atoms with E-state index in [1.807, 2.05) is 18.2 Å². The third-order valence-corrected chi connectivity index (χ3v) is 4.19. The molecule has 1 fully saturated rings. The van der Waals surface area contributed by atoms with Crippen molar-refractivity contribution in [3.8, 4) is 11.1 Å². The Kier molecular flexibility index (Phi) is 3.13. The number of hydrogen-bond donors (Lipinski definition) is 2. The summed E-state index contributed by atoms with van der Waals surface area (Å²) in [5.41, 5.74) is 9.22. The van der Waals surface area contributed by atoms with Crippen LogP contribution in [-0.4, -0.2) is 11.2 Å². The molecule has 2 atom stereocenters. The van der Waals surface area contributed by atoms with Gasteiger partial charge in [0, 0.05) is 0 Å². The van der Waals surface area contributed by atoms with Crippen molar-refractivity contribution in [3.63, 3.8) is 0 Å². The van der Waals surface area contributed by atoms with Crippen LogP contribution in [0.2, 0.25) is 0 Å². The highest BCUT2D eigenvalue weighted by Gasteiger charge is 2.39. The molecule has 0 aromatic heterocycles. The molecule has 0 saturated heterocycles.